The molecule has 0 aliphatic heterocycles. The number of ketones is 1. The highest BCUT2D eigenvalue weighted by Crippen LogP contribution is 2.31. The van der Waals surface area contributed by atoms with Crippen LogP contribution in [0.15, 0.2) is 35.7 Å². The Labute approximate surface area is 170 Å². The van der Waals surface area contributed by atoms with Crippen LogP contribution in [-0.4, -0.2) is 43.0 Å². The van der Waals surface area contributed by atoms with E-state index in [0.29, 0.717) is 14.9 Å². The number of aliphatic hydroxyl groups is 1. The van der Waals surface area contributed by atoms with Crippen molar-refractivity contribution in [2.24, 2.45) is 0 Å². The van der Waals surface area contributed by atoms with Crippen LogP contribution < -0.4 is 5.32 Å². The Kier molecular flexibility index (Phi) is 4.98. The van der Waals surface area contributed by atoms with Gasteiger partial charge in [-0.3, -0.25) is 14.0 Å². The van der Waals surface area contributed by atoms with Crippen LogP contribution in [0, 0.1) is 6.92 Å². The number of carbonyl (C=O) groups excluding carboxylic acids is 2. The number of imidazole rings is 1. The van der Waals surface area contributed by atoms with Crippen molar-refractivity contribution in [1.82, 2.24) is 19.7 Å². The molecule has 3 aromatic heterocycles. The third-order valence-corrected chi connectivity index (χ3v) is 6.92. The number of aryl methyl sites for hydroxylation is 1. The molecule has 1 aliphatic carbocycles. The molecule has 4 rings (SSSR count). The van der Waals surface area contributed by atoms with E-state index in [2.05, 4.69) is 15.3 Å². The van der Waals surface area contributed by atoms with Crippen molar-refractivity contribution in [2.45, 2.75) is 43.5 Å². The van der Waals surface area contributed by atoms with Gasteiger partial charge in [0.1, 0.15) is 5.82 Å². The number of thioether (sulfide) groups is 1. The van der Waals surface area contributed by atoms with Gasteiger partial charge in [-0.25, -0.2) is 9.97 Å². The molecule has 1 fully saturated rings. The lowest BCUT2D eigenvalue weighted by Crippen LogP contribution is -2.42. The minimum atomic E-state index is -1.64. The van der Waals surface area contributed by atoms with Crippen molar-refractivity contribution in [3.63, 3.8) is 0 Å². The SMILES string of the molecule is Cc1ncc2ccnc(SCC(=O)c3ccc([C@@](C)(O)C(=O)NC4CC4)s3)n12. The lowest BCUT2D eigenvalue weighted by Gasteiger charge is -2.20. The summed E-state index contributed by atoms with van der Waals surface area (Å²) in [5.74, 6) is 0.530. The highest BCUT2D eigenvalue weighted by atomic mass is 32.2. The lowest BCUT2D eigenvalue weighted by atomic mass is 10.0. The standard InChI is InChI=1S/C19H20N4O3S2/c1-11-21-9-13-7-8-20-18(23(11)13)27-10-14(24)15-5-6-16(28-15)19(2,26)17(25)22-12-3-4-12/h5-9,12,26H,3-4,10H2,1-2H3,(H,22,25)/t19-/m1/s1. The number of rotatable bonds is 7. The molecule has 146 valence electrons. The molecule has 1 aliphatic rings. The number of hydrogen-bond donors (Lipinski definition) is 2. The minimum absolute atomic E-state index is 0.0729. The van der Waals surface area contributed by atoms with Gasteiger partial charge in [-0.05, 0) is 44.9 Å². The summed E-state index contributed by atoms with van der Waals surface area (Å²) in [6.45, 7) is 3.35. The van der Waals surface area contributed by atoms with Crippen LogP contribution in [0.1, 0.15) is 40.1 Å². The largest absolute Gasteiger partial charge is 0.375 e. The molecule has 0 bridgehead atoms. The number of thiophene rings is 1. The van der Waals surface area contributed by atoms with Crippen LogP contribution in [0.3, 0.4) is 0 Å². The van der Waals surface area contributed by atoms with Crippen LogP contribution in [0.2, 0.25) is 0 Å². The average Bonchev–Trinajstić information content (AvgIpc) is 3.18. The number of fused-ring (bicyclic) bond motifs is 1. The Morgan fingerprint density at radius 2 is 2.14 bits per heavy atom. The monoisotopic (exact) mass is 416 g/mol. The molecule has 3 heterocycles. The number of nitrogens with one attached hydrogen (secondary N) is 1. The molecular formula is C19H20N4O3S2. The number of aromatic nitrogens is 3. The maximum absolute atomic E-state index is 12.6. The molecule has 1 amide bonds. The zero-order valence-electron chi connectivity index (χ0n) is 15.5. The van der Waals surface area contributed by atoms with Gasteiger partial charge in [0.25, 0.3) is 5.91 Å². The molecule has 1 saturated carbocycles. The predicted molar refractivity (Wildman–Crippen MR) is 108 cm³/mol. The highest BCUT2D eigenvalue weighted by Gasteiger charge is 2.37. The number of amides is 1. The molecule has 3 aromatic rings. The quantitative estimate of drug-likeness (QED) is 0.349. The Morgan fingerprint density at radius 1 is 1.36 bits per heavy atom. The molecule has 0 saturated heterocycles. The van der Waals surface area contributed by atoms with E-state index < -0.39 is 11.5 Å². The van der Waals surface area contributed by atoms with Crippen LogP contribution in [-0.2, 0) is 10.4 Å². The third-order valence-electron chi connectivity index (χ3n) is 4.63. The highest BCUT2D eigenvalue weighted by molar-refractivity contribution is 7.99. The number of nitrogens with zero attached hydrogens (tertiary/aromatic N) is 3. The Balaban J connectivity index is 1.45. The molecule has 1 atom stereocenters. The van der Waals surface area contributed by atoms with Crippen molar-refractivity contribution in [3.8, 4) is 0 Å². The fourth-order valence-corrected chi connectivity index (χ4v) is 4.78. The van der Waals surface area contributed by atoms with Crippen LogP contribution in [0.4, 0.5) is 0 Å². The minimum Gasteiger partial charge on any atom is -0.375 e. The maximum atomic E-state index is 12.6. The van der Waals surface area contributed by atoms with Gasteiger partial charge in [0.05, 0.1) is 22.3 Å². The third kappa shape index (κ3) is 3.69. The molecule has 28 heavy (non-hydrogen) atoms. The first-order valence-corrected chi connectivity index (χ1v) is 10.7. The molecule has 7 nitrogen and oxygen atoms in total. The van der Waals surface area contributed by atoms with Crippen molar-refractivity contribution in [1.29, 1.82) is 0 Å². The van der Waals surface area contributed by atoms with Crippen LogP contribution in [0.5, 0.6) is 0 Å². The maximum Gasteiger partial charge on any atom is 0.257 e. The van der Waals surface area contributed by atoms with E-state index in [9.17, 15) is 14.7 Å². The molecule has 9 heteroatoms. The van der Waals surface area contributed by atoms with E-state index in [1.165, 1.54) is 18.7 Å². The number of carbonyl (C=O) groups is 2. The normalized spacial score (nSPS) is 16.1. The molecule has 0 radical (unpaired) electrons. The van der Waals surface area contributed by atoms with Gasteiger partial charge in [0.15, 0.2) is 16.5 Å². The molecule has 0 unspecified atom stereocenters. The summed E-state index contributed by atoms with van der Waals surface area (Å²) in [6, 6.07) is 5.34. The topological polar surface area (TPSA) is 96.6 Å². The second-order valence-electron chi connectivity index (χ2n) is 6.99. The van der Waals surface area contributed by atoms with Gasteiger partial charge in [0, 0.05) is 17.1 Å². The van der Waals surface area contributed by atoms with Gasteiger partial charge >= 0.3 is 0 Å². The second-order valence-corrected chi connectivity index (χ2v) is 9.02. The molecule has 0 aromatic carbocycles. The van der Waals surface area contributed by atoms with E-state index >= 15 is 0 Å². The van der Waals surface area contributed by atoms with E-state index in [1.54, 1.807) is 24.5 Å². The van der Waals surface area contributed by atoms with Crippen molar-refractivity contribution in [3.05, 3.63) is 46.2 Å². The van der Waals surface area contributed by atoms with Crippen LogP contribution >= 0.6 is 23.1 Å². The summed E-state index contributed by atoms with van der Waals surface area (Å²) in [5, 5.41) is 14.1. The summed E-state index contributed by atoms with van der Waals surface area (Å²) in [6.07, 6.45) is 5.36. The summed E-state index contributed by atoms with van der Waals surface area (Å²) in [7, 11) is 0. The van der Waals surface area contributed by atoms with Gasteiger partial charge in [-0.2, -0.15) is 0 Å². The fraction of sp³-hybridized carbons (Fsp3) is 0.368. The van der Waals surface area contributed by atoms with E-state index in [1.807, 2.05) is 17.4 Å². The Morgan fingerprint density at radius 3 is 2.89 bits per heavy atom. The predicted octanol–water partition coefficient (Wildman–Crippen LogP) is 2.56. The number of Topliss-reactive ketones (excluding diaryl/α,β-unsaturated/α-hetero) is 1. The van der Waals surface area contributed by atoms with Crippen molar-refractivity contribution >= 4 is 40.3 Å². The first-order valence-electron chi connectivity index (χ1n) is 8.95. The first-order chi connectivity index (χ1) is 13.4. The average molecular weight is 417 g/mol. The number of hydrogen-bond acceptors (Lipinski definition) is 7. The molecular weight excluding hydrogens is 396 g/mol. The first kappa shape index (κ1) is 19.1. The van der Waals surface area contributed by atoms with Crippen molar-refractivity contribution in [2.75, 3.05) is 5.75 Å². The molecule has 2 N–H and O–H groups in total. The van der Waals surface area contributed by atoms with Crippen LogP contribution in [0.25, 0.3) is 5.52 Å². The summed E-state index contributed by atoms with van der Waals surface area (Å²) < 4.78 is 1.91. The zero-order chi connectivity index (χ0) is 19.9. The Hall–Kier alpha value is -2.23. The van der Waals surface area contributed by atoms with Gasteiger partial charge in [-0.15, -0.1) is 11.3 Å². The summed E-state index contributed by atoms with van der Waals surface area (Å²) >= 11 is 2.49. The molecule has 0 spiro atoms. The Bertz CT molecular complexity index is 1050. The van der Waals surface area contributed by atoms with E-state index in [0.717, 1.165) is 35.5 Å². The fourth-order valence-electron chi connectivity index (χ4n) is 2.78. The summed E-state index contributed by atoms with van der Waals surface area (Å²) in [5.41, 5.74) is -0.710. The van der Waals surface area contributed by atoms with Gasteiger partial charge < -0.3 is 10.4 Å². The van der Waals surface area contributed by atoms with Gasteiger partial charge in [0.2, 0.25) is 0 Å². The second kappa shape index (κ2) is 7.31. The van der Waals surface area contributed by atoms with Crippen molar-refractivity contribution < 1.29 is 14.7 Å². The summed E-state index contributed by atoms with van der Waals surface area (Å²) in [4.78, 5) is 34.5. The lowest BCUT2D eigenvalue weighted by molar-refractivity contribution is -0.138. The van der Waals surface area contributed by atoms with E-state index in [-0.39, 0.29) is 17.6 Å². The smallest absolute Gasteiger partial charge is 0.257 e. The van der Waals surface area contributed by atoms with Gasteiger partial charge in [-0.1, -0.05) is 11.8 Å². The zero-order valence-corrected chi connectivity index (χ0v) is 17.1. The van der Waals surface area contributed by atoms with E-state index in [4.69, 9.17) is 0 Å².